The zero-order valence-corrected chi connectivity index (χ0v) is 17.3. The van der Waals surface area contributed by atoms with Gasteiger partial charge in [0, 0.05) is 18.1 Å². The third-order valence-electron chi connectivity index (χ3n) is 6.35. The quantitative estimate of drug-likeness (QED) is 0.533. The van der Waals surface area contributed by atoms with E-state index in [-0.39, 0.29) is 12.1 Å². The van der Waals surface area contributed by atoms with E-state index >= 15 is 0 Å². The summed E-state index contributed by atoms with van der Waals surface area (Å²) in [6.45, 7) is 4.33. The first kappa shape index (κ1) is 19.7. The van der Waals surface area contributed by atoms with Crippen LogP contribution in [0.1, 0.15) is 69.2 Å². The van der Waals surface area contributed by atoms with Gasteiger partial charge < -0.3 is 15.4 Å². The monoisotopic (exact) mass is 393 g/mol. The average molecular weight is 394 g/mol. The predicted molar refractivity (Wildman–Crippen MR) is 114 cm³/mol. The molecule has 1 saturated heterocycles. The maximum absolute atomic E-state index is 8.78. The largest absolute Gasteiger partial charge is 0.484 e. The van der Waals surface area contributed by atoms with Gasteiger partial charge in [0.2, 0.25) is 5.96 Å². The van der Waals surface area contributed by atoms with Crippen LogP contribution in [0.25, 0.3) is 0 Å². The number of fused-ring (bicyclic) bond motifs is 1. The molecule has 0 saturated carbocycles. The van der Waals surface area contributed by atoms with Gasteiger partial charge in [0.05, 0.1) is 6.20 Å². The molecule has 2 heterocycles. The lowest BCUT2D eigenvalue weighted by Crippen LogP contribution is -2.51. The molecule has 2 aromatic rings. The van der Waals surface area contributed by atoms with Crippen molar-refractivity contribution < 1.29 is 4.74 Å². The molecule has 0 bridgehead atoms. The Morgan fingerprint density at radius 1 is 1.00 bits per heavy atom. The number of nitrogens with one attached hydrogen (secondary N) is 2. The summed E-state index contributed by atoms with van der Waals surface area (Å²) in [7, 11) is 0. The van der Waals surface area contributed by atoms with Crippen molar-refractivity contribution in [3.05, 3.63) is 59.2 Å². The van der Waals surface area contributed by atoms with Crippen molar-refractivity contribution in [2.24, 2.45) is 5.73 Å². The molecule has 1 aromatic carbocycles. The number of aromatic nitrogens is 1. The Labute approximate surface area is 172 Å². The lowest BCUT2D eigenvalue weighted by molar-refractivity contribution is 0.173. The highest BCUT2D eigenvalue weighted by Crippen LogP contribution is 2.37. The van der Waals surface area contributed by atoms with Crippen LogP contribution in [0.5, 0.6) is 5.75 Å². The number of nitrogens with zero attached hydrogens (tertiary/aromatic N) is 2. The first-order valence-electron chi connectivity index (χ1n) is 10.6. The van der Waals surface area contributed by atoms with Crippen molar-refractivity contribution in [3.63, 3.8) is 0 Å². The molecule has 154 valence electrons. The molecule has 2 aliphatic rings. The minimum atomic E-state index is -0.0574. The Balaban J connectivity index is 1.60. The van der Waals surface area contributed by atoms with Gasteiger partial charge in [-0.25, -0.2) is 0 Å². The van der Waals surface area contributed by atoms with Gasteiger partial charge in [-0.05, 0) is 69.2 Å². The summed E-state index contributed by atoms with van der Waals surface area (Å²) >= 11 is 0. The van der Waals surface area contributed by atoms with E-state index in [0.29, 0.717) is 29.3 Å². The fourth-order valence-electron chi connectivity index (χ4n) is 4.76. The number of hydrogen-bond donors (Lipinski definition) is 3. The molecule has 1 fully saturated rings. The van der Waals surface area contributed by atoms with Gasteiger partial charge in [-0.3, -0.25) is 15.4 Å². The maximum atomic E-state index is 8.78. The smallest absolute Gasteiger partial charge is 0.204 e. The van der Waals surface area contributed by atoms with Crippen LogP contribution in [-0.2, 0) is 0 Å². The van der Waals surface area contributed by atoms with Crippen LogP contribution < -0.4 is 16.0 Å². The Morgan fingerprint density at radius 2 is 1.69 bits per heavy atom. The molecule has 1 aliphatic carbocycles. The summed E-state index contributed by atoms with van der Waals surface area (Å²) < 4.78 is 7.98. The lowest BCUT2D eigenvalue weighted by Gasteiger charge is -2.41. The number of piperidine rings is 1. The highest BCUT2D eigenvalue weighted by molar-refractivity contribution is 5.80. The van der Waals surface area contributed by atoms with E-state index < -0.39 is 0 Å². The highest BCUT2D eigenvalue weighted by atomic mass is 16.5. The Hall–Kier alpha value is -2.60. The minimum absolute atomic E-state index is 0.0573. The molecule has 4 atom stereocenters. The minimum Gasteiger partial charge on any atom is -0.484 e. The van der Waals surface area contributed by atoms with Gasteiger partial charge in [0.15, 0.2) is 0 Å². The van der Waals surface area contributed by atoms with Crippen LogP contribution in [0.3, 0.4) is 0 Å². The Kier molecular flexibility index (Phi) is 5.46. The van der Waals surface area contributed by atoms with Crippen LogP contribution in [0, 0.1) is 10.8 Å². The predicted octanol–water partition coefficient (Wildman–Crippen LogP) is 3.93. The molecule has 6 nitrogen and oxygen atoms in total. The molecule has 1 aromatic heterocycles. The van der Waals surface area contributed by atoms with Gasteiger partial charge in [0.25, 0.3) is 0 Å². The van der Waals surface area contributed by atoms with Crippen molar-refractivity contribution in [1.29, 1.82) is 10.8 Å². The van der Waals surface area contributed by atoms with Crippen molar-refractivity contribution in [1.82, 2.24) is 9.47 Å². The molecule has 29 heavy (non-hydrogen) atoms. The maximum Gasteiger partial charge on any atom is 0.204 e. The van der Waals surface area contributed by atoms with Crippen molar-refractivity contribution >= 4 is 5.96 Å². The van der Waals surface area contributed by atoms with E-state index in [9.17, 15) is 0 Å². The normalized spacial score (nSPS) is 26.7. The average Bonchev–Trinajstić information content (AvgIpc) is 2.71. The number of hydrogen-bond acceptors (Lipinski definition) is 4. The van der Waals surface area contributed by atoms with Crippen LogP contribution in [-0.4, -0.2) is 27.5 Å². The first-order chi connectivity index (χ1) is 14.0. The second-order valence-corrected chi connectivity index (χ2v) is 8.40. The lowest BCUT2D eigenvalue weighted by atomic mass is 9.86. The third kappa shape index (κ3) is 3.81. The number of ether oxygens (including phenoxy) is 1. The second kappa shape index (κ2) is 8.03. The van der Waals surface area contributed by atoms with E-state index in [1.807, 2.05) is 18.2 Å². The third-order valence-corrected chi connectivity index (χ3v) is 6.35. The standard InChI is InChI=1S/C23H31N5O/c1-15-6-5-7-16(2)28(15)23(26)27-14-17(10-13-22(27)25)29-21-12-11-20(24)18-8-3-4-9-19(18)21/h3-4,8-10,13-16,20-21,25-26H,5-7,11-12,24H2,1-2H3/t15-,16+,20-,21+/m0/s1. The molecule has 6 heteroatoms. The first-order valence-corrected chi connectivity index (χ1v) is 10.6. The Morgan fingerprint density at radius 3 is 2.41 bits per heavy atom. The summed E-state index contributed by atoms with van der Waals surface area (Å²) in [6.07, 6.45) is 6.83. The number of pyridine rings is 1. The topological polar surface area (TPSA) is 91.1 Å². The molecule has 0 unspecified atom stereocenters. The van der Waals surface area contributed by atoms with Crippen molar-refractivity contribution in [2.45, 2.75) is 70.2 Å². The summed E-state index contributed by atoms with van der Waals surface area (Å²) in [4.78, 5) is 2.13. The van der Waals surface area contributed by atoms with Crippen LogP contribution in [0.2, 0.25) is 0 Å². The second-order valence-electron chi connectivity index (χ2n) is 8.40. The van der Waals surface area contributed by atoms with Gasteiger partial charge in [0.1, 0.15) is 17.3 Å². The molecule has 4 rings (SSSR count). The summed E-state index contributed by atoms with van der Waals surface area (Å²) in [6, 6.07) is 12.4. The number of benzene rings is 1. The van der Waals surface area contributed by atoms with E-state index in [1.54, 1.807) is 16.8 Å². The van der Waals surface area contributed by atoms with Crippen LogP contribution >= 0.6 is 0 Å². The van der Waals surface area contributed by atoms with Crippen molar-refractivity contribution in [2.75, 3.05) is 0 Å². The fraction of sp³-hybridized carbons (Fsp3) is 0.478. The summed E-state index contributed by atoms with van der Waals surface area (Å²) in [5, 5.41) is 17.1. The van der Waals surface area contributed by atoms with Gasteiger partial charge >= 0.3 is 0 Å². The van der Waals surface area contributed by atoms with E-state index in [4.69, 9.17) is 21.3 Å². The number of likely N-dealkylation sites (tertiary alicyclic amines) is 1. The molecule has 4 N–H and O–H groups in total. The Bertz CT molecular complexity index is 942. The summed E-state index contributed by atoms with van der Waals surface area (Å²) in [5.74, 6) is 1.03. The number of rotatable bonds is 2. The molecule has 0 spiro atoms. The molecule has 0 radical (unpaired) electrons. The van der Waals surface area contributed by atoms with Gasteiger partial charge in [-0.1, -0.05) is 24.3 Å². The van der Waals surface area contributed by atoms with Gasteiger partial charge in [-0.2, -0.15) is 0 Å². The van der Waals surface area contributed by atoms with E-state index in [2.05, 4.69) is 30.9 Å². The van der Waals surface area contributed by atoms with Crippen molar-refractivity contribution in [3.8, 4) is 5.75 Å². The molecular formula is C23H31N5O. The van der Waals surface area contributed by atoms with Gasteiger partial charge in [-0.15, -0.1) is 0 Å². The zero-order chi connectivity index (χ0) is 20.5. The molecule has 0 amide bonds. The molecule has 1 aliphatic heterocycles. The molecular weight excluding hydrogens is 362 g/mol. The van der Waals surface area contributed by atoms with Crippen LogP contribution in [0.15, 0.2) is 42.6 Å². The van der Waals surface area contributed by atoms with Crippen LogP contribution in [0.4, 0.5) is 0 Å². The number of nitrogens with two attached hydrogens (primary N) is 1. The fourth-order valence-corrected chi connectivity index (χ4v) is 4.76. The summed E-state index contributed by atoms with van der Waals surface area (Å²) in [5.41, 5.74) is 8.86. The van der Waals surface area contributed by atoms with E-state index in [1.165, 1.54) is 6.42 Å². The zero-order valence-electron chi connectivity index (χ0n) is 17.3. The highest BCUT2D eigenvalue weighted by Gasteiger charge is 2.29. The SMILES string of the molecule is C[C@@H]1CCC[C@H](C)N1C(=N)n1cc(O[C@@H]2CC[C@H](N)c3ccccc32)ccc1=N. The van der Waals surface area contributed by atoms with E-state index in [0.717, 1.165) is 36.8 Å².